The minimum Gasteiger partial charge on any atom is -0.480 e. The molecule has 1 aromatic heterocycles. The van der Waals surface area contributed by atoms with Crippen molar-refractivity contribution in [1.82, 2.24) is 4.90 Å². The summed E-state index contributed by atoms with van der Waals surface area (Å²) in [7, 11) is 1.81. The van der Waals surface area contributed by atoms with E-state index in [1.165, 1.54) is 0 Å². The van der Waals surface area contributed by atoms with Crippen molar-refractivity contribution < 1.29 is 9.90 Å². The lowest BCUT2D eigenvalue weighted by Crippen LogP contribution is -2.34. The molecule has 0 fully saturated rings. The van der Waals surface area contributed by atoms with Gasteiger partial charge in [-0.2, -0.15) is 0 Å². The van der Waals surface area contributed by atoms with Crippen LogP contribution in [0.2, 0.25) is 0 Å². The summed E-state index contributed by atoms with van der Waals surface area (Å²) in [5.41, 5.74) is 0. The van der Waals surface area contributed by atoms with Gasteiger partial charge in [0.2, 0.25) is 0 Å². The van der Waals surface area contributed by atoms with E-state index in [0.29, 0.717) is 6.54 Å². The molecule has 1 heterocycles. The SMILES string of the molecule is CC(C(=O)O)N(C)Cc1cc(Br)c(Br)s1. The molecule has 1 rings (SSSR count). The van der Waals surface area contributed by atoms with Crippen molar-refractivity contribution in [3.05, 3.63) is 19.2 Å². The van der Waals surface area contributed by atoms with Gasteiger partial charge in [-0.05, 0) is 51.9 Å². The van der Waals surface area contributed by atoms with Crippen LogP contribution in [-0.2, 0) is 11.3 Å². The largest absolute Gasteiger partial charge is 0.480 e. The fourth-order valence-electron chi connectivity index (χ4n) is 1.04. The van der Waals surface area contributed by atoms with Crippen molar-refractivity contribution in [2.24, 2.45) is 0 Å². The normalized spacial score (nSPS) is 13.1. The number of rotatable bonds is 4. The summed E-state index contributed by atoms with van der Waals surface area (Å²) in [6, 6.07) is 1.53. The molecule has 0 amide bonds. The fraction of sp³-hybridized carbons (Fsp3) is 0.444. The summed E-state index contributed by atoms with van der Waals surface area (Å²) in [6.07, 6.45) is 0. The molecule has 1 unspecified atom stereocenters. The Labute approximate surface area is 109 Å². The zero-order valence-electron chi connectivity index (χ0n) is 8.33. The number of thiophene rings is 1. The molecule has 0 radical (unpaired) electrons. The maximum atomic E-state index is 10.7. The minimum atomic E-state index is -0.799. The van der Waals surface area contributed by atoms with Gasteiger partial charge in [0.05, 0.1) is 3.79 Å². The summed E-state index contributed by atoms with van der Waals surface area (Å²) in [5.74, 6) is -0.799. The Morgan fingerprint density at radius 2 is 2.27 bits per heavy atom. The zero-order valence-corrected chi connectivity index (χ0v) is 12.3. The maximum Gasteiger partial charge on any atom is 0.320 e. The number of carboxylic acid groups (broad SMARTS) is 1. The third kappa shape index (κ3) is 3.55. The quantitative estimate of drug-likeness (QED) is 0.900. The first-order valence-corrected chi connectivity index (χ1v) is 6.69. The fourth-order valence-corrected chi connectivity index (χ4v) is 3.28. The van der Waals surface area contributed by atoms with Crippen LogP contribution in [0.1, 0.15) is 11.8 Å². The molecule has 1 N–H and O–H groups in total. The van der Waals surface area contributed by atoms with Crippen LogP contribution in [-0.4, -0.2) is 29.1 Å². The predicted octanol–water partition coefficient (Wildman–Crippen LogP) is 3.18. The first-order chi connectivity index (χ1) is 6.91. The minimum absolute atomic E-state index is 0.468. The summed E-state index contributed by atoms with van der Waals surface area (Å²) in [6.45, 7) is 2.32. The first kappa shape index (κ1) is 13.2. The van der Waals surface area contributed by atoms with Gasteiger partial charge < -0.3 is 5.11 Å². The molecule has 1 atom stereocenters. The van der Waals surface area contributed by atoms with E-state index in [-0.39, 0.29) is 0 Å². The van der Waals surface area contributed by atoms with Crippen LogP contribution in [0.25, 0.3) is 0 Å². The van der Waals surface area contributed by atoms with Crippen molar-refractivity contribution in [1.29, 1.82) is 0 Å². The van der Waals surface area contributed by atoms with Gasteiger partial charge in [-0.3, -0.25) is 9.69 Å². The number of hydrogen-bond donors (Lipinski definition) is 1. The Bertz CT molecular complexity index is 347. The molecule has 0 saturated carbocycles. The molecular weight excluding hydrogens is 346 g/mol. The molecule has 0 bridgehead atoms. The van der Waals surface area contributed by atoms with Gasteiger partial charge in [-0.25, -0.2) is 0 Å². The van der Waals surface area contributed by atoms with Crippen molar-refractivity contribution in [2.75, 3.05) is 7.05 Å². The highest BCUT2D eigenvalue weighted by atomic mass is 79.9. The zero-order chi connectivity index (χ0) is 11.6. The second-order valence-corrected chi connectivity index (χ2v) is 6.57. The number of likely N-dealkylation sites (N-methyl/N-ethyl adjacent to an activating group) is 1. The average molecular weight is 357 g/mol. The molecule has 84 valence electrons. The van der Waals surface area contributed by atoms with Gasteiger partial charge in [0.25, 0.3) is 0 Å². The van der Waals surface area contributed by atoms with Crippen molar-refractivity contribution in [2.45, 2.75) is 19.5 Å². The van der Waals surface area contributed by atoms with Crippen LogP contribution in [0.4, 0.5) is 0 Å². The molecular formula is C9H11Br2NO2S. The van der Waals surface area contributed by atoms with Gasteiger partial charge in [0.15, 0.2) is 0 Å². The maximum absolute atomic E-state index is 10.7. The lowest BCUT2D eigenvalue weighted by atomic mass is 10.3. The predicted molar refractivity (Wildman–Crippen MR) is 68.3 cm³/mol. The Kier molecular flexibility index (Phi) is 4.76. The van der Waals surface area contributed by atoms with Crippen molar-refractivity contribution in [3.63, 3.8) is 0 Å². The highest BCUT2D eigenvalue weighted by molar-refractivity contribution is 9.13. The Balaban J connectivity index is 2.66. The Hall–Kier alpha value is 0.0900. The topological polar surface area (TPSA) is 40.5 Å². The highest BCUT2D eigenvalue weighted by Crippen LogP contribution is 2.32. The molecule has 0 saturated heterocycles. The van der Waals surface area contributed by atoms with E-state index >= 15 is 0 Å². The molecule has 6 heteroatoms. The second-order valence-electron chi connectivity index (χ2n) is 3.26. The summed E-state index contributed by atoms with van der Waals surface area (Å²) < 4.78 is 2.05. The third-order valence-electron chi connectivity index (χ3n) is 2.12. The van der Waals surface area contributed by atoms with Gasteiger partial charge in [0.1, 0.15) is 6.04 Å². The van der Waals surface area contributed by atoms with Gasteiger partial charge in [0, 0.05) is 15.9 Å². The molecule has 0 aliphatic rings. The summed E-state index contributed by atoms with van der Waals surface area (Å²) in [4.78, 5) is 13.7. The summed E-state index contributed by atoms with van der Waals surface area (Å²) in [5, 5.41) is 8.83. The van der Waals surface area contributed by atoms with Crippen LogP contribution in [0.3, 0.4) is 0 Å². The number of hydrogen-bond acceptors (Lipinski definition) is 3. The molecule has 3 nitrogen and oxygen atoms in total. The third-order valence-corrected chi connectivity index (χ3v) is 5.36. The van der Waals surface area contributed by atoms with Crippen molar-refractivity contribution in [3.8, 4) is 0 Å². The Morgan fingerprint density at radius 1 is 1.67 bits per heavy atom. The lowest BCUT2D eigenvalue weighted by molar-refractivity contribution is -0.142. The first-order valence-electron chi connectivity index (χ1n) is 4.28. The van der Waals surface area contributed by atoms with Gasteiger partial charge >= 0.3 is 5.97 Å². The highest BCUT2D eigenvalue weighted by Gasteiger charge is 2.17. The number of halogens is 2. The second kappa shape index (κ2) is 5.43. The van der Waals surface area contributed by atoms with E-state index in [0.717, 1.165) is 13.1 Å². The molecule has 0 aromatic carbocycles. The summed E-state index contributed by atoms with van der Waals surface area (Å²) >= 11 is 8.42. The number of nitrogens with zero attached hydrogens (tertiary/aromatic N) is 1. The molecule has 0 spiro atoms. The number of carbonyl (C=O) groups is 1. The van der Waals surface area contributed by atoms with E-state index in [4.69, 9.17) is 5.11 Å². The smallest absolute Gasteiger partial charge is 0.320 e. The van der Waals surface area contributed by atoms with Gasteiger partial charge in [-0.15, -0.1) is 11.3 Å². The van der Waals surface area contributed by atoms with Crippen LogP contribution >= 0.6 is 43.2 Å². The van der Waals surface area contributed by atoms with Crippen LogP contribution < -0.4 is 0 Å². The Morgan fingerprint density at radius 3 is 2.67 bits per heavy atom. The van der Waals surface area contributed by atoms with E-state index in [9.17, 15) is 4.79 Å². The monoisotopic (exact) mass is 355 g/mol. The van der Waals surface area contributed by atoms with E-state index in [1.54, 1.807) is 30.2 Å². The van der Waals surface area contributed by atoms with E-state index < -0.39 is 12.0 Å². The molecule has 0 aliphatic heterocycles. The van der Waals surface area contributed by atoms with Gasteiger partial charge in [-0.1, -0.05) is 0 Å². The standard InChI is InChI=1S/C9H11Br2NO2S/c1-5(9(13)14)12(2)4-6-3-7(10)8(11)15-6/h3,5H,4H2,1-2H3,(H,13,14). The molecule has 0 aliphatic carbocycles. The molecule has 1 aromatic rings. The van der Waals surface area contributed by atoms with Crippen LogP contribution in [0, 0.1) is 0 Å². The van der Waals surface area contributed by atoms with Crippen molar-refractivity contribution >= 4 is 49.2 Å². The van der Waals surface area contributed by atoms with Crippen LogP contribution in [0.15, 0.2) is 14.3 Å². The lowest BCUT2D eigenvalue weighted by Gasteiger charge is -2.19. The number of carboxylic acids is 1. The molecule has 15 heavy (non-hydrogen) atoms. The van der Waals surface area contributed by atoms with Crippen LogP contribution in [0.5, 0.6) is 0 Å². The van der Waals surface area contributed by atoms with E-state index in [2.05, 4.69) is 31.9 Å². The average Bonchev–Trinajstić information content (AvgIpc) is 2.44. The van der Waals surface area contributed by atoms with E-state index in [1.807, 2.05) is 6.07 Å². The number of aliphatic carboxylic acids is 1.